The number of nitrogens with one attached hydrogen (secondary N) is 4. The molecule has 0 radical (unpaired) electrons. The molecule has 0 bridgehead atoms. The summed E-state index contributed by atoms with van der Waals surface area (Å²) in [6.45, 7) is 14.3. The van der Waals surface area contributed by atoms with E-state index in [1.165, 1.54) is 68.3 Å². The number of imidazole rings is 4. The maximum absolute atomic E-state index is 14.5. The number of aryl methyl sites for hydroxylation is 2. The highest BCUT2D eigenvalue weighted by Gasteiger charge is 2.35. The molecule has 2 atom stereocenters. The molecule has 48 heteroatoms. The number of anilines is 8. The van der Waals surface area contributed by atoms with Crippen LogP contribution in [0.4, 0.5) is 63.6 Å². The van der Waals surface area contributed by atoms with Crippen molar-refractivity contribution in [3.63, 3.8) is 0 Å². The number of H-pyrrole nitrogens is 4. The Labute approximate surface area is 774 Å². The van der Waals surface area contributed by atoms with Crippen molar-refractivity contribution >= 4 is 160 Å². The van der Waals surface area contributed by atoms with Gasteiger partial charge in [0.25, 0.3) is 0 Å². The van der Waals surface area contributed by atoms with Gasteiger partial charge in [0.2, 0.25) is 23.6 Å². The molecule has 40 nitrogen and oxygen atoms in total. The summed E-state index contributed by atoms with van der Waals surface area (Å²) in [5.74, 6) is 1.16. The molecule has 0 aliphatic carbocycles. The highest BCUT2D eigenvalue weighted by Crippen LogP contribution is 2.37. The molecule has 12 N–H and O–H groups in total. The van der Waals surface area contributed by atoms with Crippen LogP contribution in [0.3, 0.4) is 0 Å². The zero-order valence-corrected chi connectivity index (χ0v) is 74.1. The number of carbonyl (C=O) groups is 4. The highest BCUT2D eigenvalue weighted by molar-refractivity contribution is 6.32. The molecule has 4 saturated heterocycles. The number of hydrogen-bond acceptors (Lipinski definition) is 28. The number of hydrogen-bond donors (Lipinski definition) is 8. The zero-order chi connectivity index (χ0) is 92.4. The van der Waals surface area contributed by atoms with Gasteiger partial charge in [0.05, 0.1) is 44.3 Å². The number of benzene rings is 4. The Hall–Kier alpha value is -14.9. The van der Waals surface area contributed by atoms with Crippen molar-refractivity contribution in [3.8, 4) is 46.1 Å². The van der Waals surface area contributed by atoms with Gasteiger partial charge in [-0.2, -0.15) is 20.4 Å². The molecule has 4 aromatic carbocycles. The summed E-state index contributed by atoms with van der Waals surface area (Å²) in [6.07, 6.45) is 18.5. The number of amides is 4. The van der Waals surface area contributed by atoms with Crippen LogP contribution in [0.5, 0.6) is 0 Å². The Bertz CT molecular complexity index is 6940. The van der Waals surface area contributed by atoms with Crippen molar-refractivity contribution in [3.05, 3.63) is 190 Å². The number of nitrogen functional groups attached to an aromatic ring is 4. The molecule has 0 unspecified atom stereocenters. The van der Waals surface area contributed by atoms with Crippen LogP contribution in [0.25, 0.3) is 90.2 Å². The van der Waals surface area contributed by atoms with Gasteiger partial charge < -0.3 is 82.1 Å². The van der Waals surface area contributed by atoms with E-state index in [1.54, 1.807) is 106 Å². The third-order valence-corrected chi connectivity index (χ3v) is 24.3. The smallest absolute Gasteiger partial charge is 0.244 e. The lowest BCUT2D eigenvalue weighted by molar-refractivity contribution is -0.135. The van der Waals surface area contributed by atoms with Gasteiger partial charge in [-0.1, -0.05) is 53.8 Å². The Kier molecular flexibility index (Phi) is 26.8. The Morgan fingerprint density at radius 1 is 0.361 bits per heavy atom. The molecule has 133 heavy (non-hydrogen) atoms. The Morgan fingerprint density at radius 3 is 0.940 bits per heavy atom. The molecule has 4 fully saturated rings. The number of rotatable bonds is 16. The van der Waals surface area contributed by atoms with Gasteiger partial charge in [-0.05, 0) is 99.5 Å². The quantitative estimate of drug-likeness (QED) is 0.0417. The normalized spacial score (nSPS) is 15.3. The third-order valence-electron chi connectivity index (χ3n) is 23.1. The number of carbonyl (C=O) groups excluding carboxylic acids is 4. The summed E-state index contributed by atoms with van der Waals surface area (Å²) in [4.78, 5) is 130. The molecule has 16 aromatic rings. The van der Waals surface area contributed by atoms with Crippen molar-refractivity contribution < 1.29 is 36.7 Å². The number of aromatic nitrogens is 24. The van der Waals surface area contributed by atoms with Gasteiger partial charge in [-0.25, -0.2) is 96.1 Å². The third kappa shape index (κ3) is 19.1. The van der Waals surface area contributed by atoms with Gasteiger partial charge in [-0.15, -0.1) is 0 Å². The molecule has 20 rings (SSSR count). The van der Waals surface area contributed by atoms with E-state index in [-0.39, 0.29) is 116 Å². The lowest BCUT2D eigenvalue weighted by Crippen LogP contribution is -2.55. The summed E-state index contributed by atoms with van der Waals surface area (Å²) in [7, 11) is 0. The first-order valence-electron chi connectivity index (χ1n) is 41.5. The maximum atomic E-state index is 14.5. The van der Waals surface area contributed by atoms with Crippen molar-refractivity contribution in [1.29, 1.82) is 0 Å². The maximum Gasteiger partial charge on any atom is 0.244 e. The van der Waals surface area contributed by atoms with Crippen LogP contribution in [-0.4, -0.2) is 266 Å². The van der Waals surface area contributed by atoms with Gasteiger partial charge in [0, 0.05) is 173 Å². The van der Waals surface area contributed by atoms with E-state index in [9.17, 15) is 36.7 Å². The Balaban J connectivity index is 0.000000129. The van der Waals surface area contributed by atoms with Gasteiger partial charge in [0.1, 0.15) is 121 Å². The van der Waals surface area contributed by atoms with E-state index in [4.69, 9.17) is 69.3 Å². The molecular weight excluding hydrogens is 1810 g/mol. The van der Waals surface area contributed by atoms with Gasteiger partial charge in [0.15, 0.2) is 45.9 Å². The molecule has 4 amide bonds. The fourth-order valence-electron chi connectivity index (χ4n) is 16.4. The van der Waals surface area contributed by atoms with Crippen LogP contribution in [0.15, 0.2) is 136 Å². The number of halogens is 8. The largest absolute Gasteiger partial charge is 0.383 e. The average Bonchev–Trinajstić information content (AvgIpc) is 1.64. The number of fused-ring (bicyclic) bond motifs is 4. The minimum atomic E-state index is -0.375. The van der Waals surface area contributed by atoms with E-state index in [1.807, 2.05) is 47.3 Å². The molecule has 12 aromatic heterocycles. The van der Waals surface area contributed by atoms with Crippen LogP contribution in [0.1, 0.15) is 32.4 Å². The lowest BCUT2D eigenvalue weighted by atomic mass is 10.1. The van der Waals surface area contributed by atoms with Crippen LogP contribution in [-0.2, 0) is 45.4 Å². The highest BCUT2D eigenvalue weighted by atomic mass is 35.5. The Morgan fingerprint density at radius 2 is 0.639 bits per heavy atom. The van der Waals surface area contributed by atoms with E-state index in [0.717, 1.165) is 11.1 Å². The SMILES string of the molecule is C.C[C@H]1CN(c2ccc(Cl)cc2F)CCN1C(=O)Cn1nc(-c2ncc[nH]2)c2c(N)ncnc21.Cc1cc(N2CCN(C(=O)Cn3nc(-c4ncc[nH]4)c4c(N)ncnc43)CC2)c(F)cc1Cl.Cc1cc(N2CCN(C(=O)Cn3nc(-c4ncc[nH]4)c4c(N)ncnc43)[C@@H](C)C2)c(F)cc1Cl.Nc1ncnc2c1c(-c1ncc[nH]1)nn2CC(=O)N1CCN(c2ccc(Cl)cc2F)CC1. The summed E-state index contributed by atoms with van der Waals surface area (Å²) < 4.78 is 63.6. The summed E-state index contributed by atoms with van der Waals surface area (Å²) in [5.41, 5.74) is 31.6. The average molecular weight is 1900 g/mol. The van der Waals surface area contributed by atoms with Crippen molar-refractivity contribution in [2.75, 3.05) is 134 Å². The number of piperazine rings is 4. The minimum Gasteiger partial charge on any atom is -0.383 e. The zero-order valence-electron chi connectivity index (χ0n) is 71.1. The van der Waals surface area contributed by atoms with Crippen molar-refractivity contribution in [1.82, 2.24) is 138 Å². The van der Waals surface area contributed by atoms with Crippen LogP contribution in [0, 0.1) is 37.1 Å². The molecule has 4 aliphatic heterocycles. The summed E-state index contributed by atoms with van der Waals surface area (Å²) in [5, 5.41) is 21.8. The van der Waals surface area contributed by atoms with Crippen molar-refractivity contribution in [2.45, 2.75) is 73.4 Å². The summed E-state index contributed by atoms with van der Waals surface area (Å²) >= 11 is 23.8. The lowest BCUT2D eigenvalue weighted by Gasteiger charge is -2.41. The fraction of sp³-hybridized carbons (Fsp3) is 0.294. The van der Waals surface area contributed by atoms with Gasteiger partial charge >= 0.3 is 0 Å². The van der Waals surface area contributed by atoms with Crippen LogP contribution >= 0.6 is 46.4 Å². The monoisotopic (exact) mass is 1890 g/mol. The van der Waals surface area contributed by atoms with Crippen LogP contribution < -0.4 is 42.5 Å². The van der Waals surface area contributed by atoms with Crippen LogP contribution in [0.2, 0.25) is 20.1 Å². The predicted octanol–water partition coefficient (Wildman–Crippen LogP) is 9.79. The molecule has 16 heterocycles. The van der Waals surface area contributed by atoms with Crippen molar-refractivity contribution in [2.24, 2.45) is 0 Å². The molecular formula is C85H88Cl4F4N36O4. The first-order valence-corrected chi connectivity index (χ1v) is 43.0. The minimum absolute atomic E-state index is 0. The molecule has 688 valence electrons. The second-order valence-corrected chi connectivity index (χ2v) is 33.1. The van der Waals surface area contributed by atoms with Gasteiger partial charge in [-0.3, -0.25) is 19.2 Å². The fourth-order valence-corrected chi connectivity index (χ4v) is 17.0. The second kappa shape index (κ2) is 39.0. The molecule has 0 spiro atoms. The number of nitrogens with zero attached hydrogens (tertiary/aromatic N) is 28. The predicted molar refractivity (Wildman–Crippen MR) is 495 cm³/mol. The standard InChI is InChI=1S/C22H23ClFN9O.2C21H21ClFN9O.C20H19ClFN9O.CH4/c1-12-7-16(15(24)8-14(12)23)31-5-6-32(13(2)9-31)17(34)10-33-22-18(20(25)28-11-29-22)19(30-33)21-26-3-4-27-21;1-12-8-15(14(23)9-13(12)22)30-4-6-31(7-5-30)16(33)10-32-21-17(19(24)27-11-28-21)18(29-32)20-25-2-3-26-20;1-12-9-30(15-3-2-13(22)8-14(15)23)6-7-31(12)16(33)10-32-21-17(19(24)27-11-28-21)18(29-32)20-25-4-5-26-20;21-12-1-2-14(13(22)9-12)29-5-7-30(8-6-29)15(32)10-31-20-16(18(23)26-11-27-20)17(28-31)19-24-3-4-25-19;/h3-4,7-8,11,13H,5-6,9-10H2,1-2H3,(H,26,27)(H2,25,28,29);2-3,8-9,11H,4-7,10H2,1H3,(H,25,26)(H2,24,27,28);2-5,8,11-12H,6-7,9-10H2,1H3,(H,25,26)(H2,24,27,28);1-4,9,11H,5-8,10H2,(H,24,25)(H2,23,26,27);1H4/t13-;;12-;;/m0.0../s1. The first kappa shape index (κ1) is 91.4. The number of aromatic amines is 4. The second-order valence-electron chi connectivity index (χ2n) is 31.4. The first-order chi connectivity index (χ1) is 63.7. The summed E-state index contributed by atoms with van der Waals surface area (Å²) in [6, 6.07) is 15.1. The van der Waals surface area contributed by atoms with E-state index < -0.39 is 0 Å². The molecule has 4 aliphatic rings. The number of nitrogens with two attached hydrogens (primary N) is 4. The topological polar surface area (TPSA) is 487 Å². The molecule has 0 saturated carbocycles. The van der Waals surface area contributed by atoms with E-state index in [2.05, 4.69) is 100 Å². The van der Waals surface area contributed by atoms with E-state index >= 15 is 0 Å². The van der Waals surface area contributed by atoms with E-state index in [0.29, 0.717) is 225 Å².